The largest absolute Gasteiger partial charge is 0.472 e. The molecule has 5 unspecified atom stereocenters. The van der Waals surface area contributed by atoms with Gasteiger partial charge in [-0.2, -0.15) is 0 Å². The number of phosphoric ester groups is 2. The van der Waals surface area contributed by atoms with Crippen molar-refractivity contribution >= 4 is 33.6 Å². The quantitative estimate of drug-likeness (QED) is 0.0146. The van der Waals surface area contributed by atoms with Gasteiger partial charge in [0, 0.05) is 19.3 Å². The molecule has 4 N–H and O–H groups in total. The molecule has 0 radical (unpaired) electrons. The summed E-state index contributed by atoms with van der Waals surface area (Å²) in [5.74, 6) is -1.56. The highest BCUT2D eigenvalue weighted by Gasteiger charge is 2.30. The van der Waals surface area contributed by atoms with Crippen LogP contribution < -0.4 is 0 Å². The first-order chi connectivity index (χ1) is 63.2. The van der Waals surface area contributed by atoms with Gasteiger partial charge in [-0.25, -0.2) is 9.13 Å². The molecule has 18 heteroatoms. The van der Waals surface area contributed by atoms with E-state index in [1.165, 1.54) is 231 Å². The molecule has 16 nitrogen and oxygen atoms in total. The number of hydrogen-bond donors (Lipinski definition) is 4. The Morgan fingerprint density at radius 1 is 0.225 bits per heavy atom. The normalized spacial score (nSPS) is 14.3. The molecular formula is C111H192O16P2. The van der Waals surface area contributed by atoms with Gasteiger partial charge in [0.25, 0.3) is 0 Å². The lowest BCUT2D eigenvalue weighted by molar-refractivity contribution is -0.161. The standard InChI is InChI=1S/C111H192O16P2/c1-4-7-10-13-16-19-22-25-28-31-34-37-40-43-46-49-50-51-52-53-54-57-59-61-64-67-70-73-76-79-82-85-88-91-94-97-109(114)121-100-106(112)101-123-128(117,118)124-102-107(113)103-125-129(119,120)126-105-108(127-111(116)99-96-93-90-87-84-81-78-75-72-69-66-63-60-56-48-45-42-39-36-33-30-27-24-21-18-15-12-9-6-3)104-122-110(115)98-95-92-89-86-83-80-77-74-71-68-65-62-58-55-47-44-41-38-35-32-29-26-23-20-17-14-11-8-5-2/h8-9,11-12,16-21,25-30,34-39,43-48,106-108,112-113H,4-7,10,13-15,22-24,31-33,40-42,49-105H2,1-3H3,(H,117,118)(H,119,120)/b11-8-,12-9-,19-16-,20-17-,21-18-,28-25-,29-26-,30-27-,37-34-,38-35-,39-36-,46-43-,47-44-,48-45-. The molecule has 0 aromatic rings. The average Bonchev–Trinajstić information content (AvgIpc) is 0.897. The maximum atomic E-state index is 13.1. The van der Waals surface area contributed by atoms with Crippen LogP contribution in [0.2, 0.25) is 0 Å². The fraction of sp³-hybridized carbons (Fsp3) is 0.721. The Morgan fingerprint density at radius 2 is 0.411 bits per heavy atom. The third kappa shape index (κ3) is 103. The molecule has 0 amide bonds. The van der Waals surface area contributed by atoms with Gasteiger partial charge >= 0.3 is 33.6 Å². The van der Waals surface area contributed by atoms with Crippen LogP contribution in [-0.4, -0.2) is 95.9 Å². The minimum Gasteiger partial charge on any atom is -0.463 e. The fourth-order valence-corrected chi connectivity index (χ4v) is 16.1. The number of unbranched alkanes of at least 4 members (excludes halogenated alkanes) is 48. The lowest BCUT2D eigenvalue weighted by Crippen LogP contribution is -2.30. The number of hydrogen-bond acceptors (Lipinski definition) is 14. The highest BCUT2D eigenvalue weighted by molar-refractivity contribution is 7.47. The molecule has 0 aliphatic heterocycles. The van der Waals surface area contributed by atoms with Crippen molar-refractivity contribution in [2.24, 2.45) is 0 Å². The van der Waals surface area contributed by atoms with Crippen molar-refractivity contribution in [2.75, 3.05) is 39.6 Å². The van der Waals surface area contributed by atoms with E-state index in [4.69, 9.17) is 32.3 Å². The van der Waals surface area contributed by atoms with Crippen molar-refractivity contribution in [1.29, 1.82) is 0 Å². The Kier molecular flexibility index (Phi) is 97.8. The lowest BCUT2D eigenvalue weighted by Gasteiger charge is -2.21. The molecule has 742 valence electrons. The maximum Gasteiger partial charge on any atom is 0.472 e. The molecule has 0 aromatic carbocycles. The number of esters is 3. The zero-order chi connectivity index (χ0) is 93.5. The second-order valence-corrected chi connectivity index (χ2v) is 37.8. The maximum absolute atomic E-state index is 13.1. The monoisotopic (exact) mass is 1840 g/mol. The van der Waals surface area contributed by atoms with Crippen molar-refractivity contribution in [1.82, 2.24) is 0 Å². The molecule has 0 heterocycles. The smallest absolute Gasteiger partial charge is 0.463 e. The average molecular weight is 1840 g/mol. The van der Waals surface area contributed by atoms with Gasteiger partial charge in [0.05, 0.1) is 26.4 Å². The highest BCUT2D eigenvalue weighted by Crippen LogP contribution is 2.45. The fourth-order valence-electron chi connectivity index (χ4n) is 14.6. The Hall–Kier alpha value is -5.09. The SMILES string of the molecule is CC/C=C\C/C=C\C/C=C\C/C=C\C/C=C\CCCCCCCCCCCCCCCC(=O)OCC(COP(=O)(O)OCC(O)COP(=O)(O)OCC(O)COC(=O)CCCCCCCCCCCCCCCCCCCCC/C=C\C/C=C\C/C=C\C/C=C\CCCCC)OC(=O)CCCCCCCCCCCCCCC/C=C\C/C=C\C/C=C\C/C=C\C/C=C\CC. The number of carbonyl (C=O) groups excluding carboxylic acids is 3. The molecule has 0 rings (SSSR count). The minimum absolute atomic E-state index is 0.0997. The Balaban J connectivity index is 4.58. The summed E-state index contributed by atoms with van der Waals surface area (Å²) in [5.41, 5.74) is 0. The predicted molar refractivity (Wildman–Crippen MR) is 546 cm³/mol. The minimum atomic E-state index is -4.95. The number of phosphoric acid groups is 2. The Labute approximate surface area is 790 Å². The van der Waals surface area contributed by atoms with Gasteiger partial charge < -0.3 is 34.2 Å². The predicted octanol–water partition coefficient (Wildman–Crippen LogP) is 33.3. The highest BCUT2D eigenvalue weighted by atomic mass is 31.2. The van der Waals surface area contributed by atoms with Crippen molar-refractivity contribution in [3.8, 4) is 0 Å². The van der Waals surface area contributed by atoms with E-state index < -0.39 is 91.5 Å². The van der Waals surface area contributed by atoms with Gasteiger partial charge in [-0.05, 0) is 154 Å². The summed E-state index contributed by atoms with van der Waals surface area (Å²) >= 11 is 0. The van der Waals surface area contributed by atoms with Crippen LogP contribution in [0.4, 0.5) is 0 Å². The number of rotatable bonds is 99. The van der Waals surface area contributed by atoms with Gasteiger partial charge in [0.15, 0.2) is 6.10 Å². The van der Waals surface area contributed by atoms with Crippen molar-refractivity contribution < 1.29 is 75.8 Å². The molecule has 0 aromatic heterocycles. The van der Waals surface area contributed by atoms with Crippen LogP contribution in [0.1, 0.15) is 457 Å². The topological polar surface area (TPSA) is 231 Å². The van der Waals surface area contributed by atoms with E-state index >= 15 is 0 Å². The number of aliphatic hydroxyl groups is 2. The number of allylic oxidation sites excluding steroid dienone is 28. The third-order valence-corrected chi connectivity index (χ3v) is 24.3. The Morgan fingerprint density at radius 3 is 0.651 bits per heavy atom. The van der Waals surface area contributed by atoms with Crippen molar-refractivity contribution in [3.05, 3.63) is 170 Å². The van der Waals surface area contributed by atoms with E-state index in [-0.39, 0.29) is 19.3 Å². The van der Waals surface area contributed by atoms with E-state index in [2.05, 4.69) is 191 Å². The Bertz CT molecular complexity index is 3030. The van der Waals surface area contributed by atoms with Crippen LogP contribution in [0.3, 0.4) is 0 Å². The van der Waals surface area contributed by atoms with Crippen molar-refractivity contribution in [2.45, 2.75) is 476 Å². The van der Waals surface area contributed by atoms with E-state index in [0.717, 1.165) is 167 Å². The zero-order valence-corrected chi connectivity index (χ0v) is 84.1. The molecule has 0 aliphatic rings. The first-order valence-electron chi connectivity index (χ1n) is 52.4. The summed E-state index contributed by atoms with van der Waals surface area (Å²) in [4.78, 5) is 59.3. The molecule has 0 saturated carbocycles. The first kappa shape index (κ1) is 124. The lowest BCUT2D eigenvalue weighted by atomic mass is 10.0. The molecule has 0 spiro atoms. The van der Waals surface area contributed by atoms with Gasteiger partial charge in [-0.1, -0.05) is 454 Å². The van der Waals surface area contributed by atoms with Crippen LogP contribution in [-0.2, 0) is 55.8 Å². The summed E-state index contributed by atoms with van der Waals surface area (Å²) in [6.45, 7) is 2.51. The number of carbonyl (C=O) groups is 3. The first-order valence-corrected chi connectivity index (χ1v) is 55.4. The molecule has 129 heavy (non-hydrogen) atoms. The molecular weight excluding hydrogens is 1650 g/mol. The molecule has 0 saturated heterocycles. The zero-order valence-electron chi connectivity index (χ0n) is 82.3. The summed E-state index contributed by atoms with van der Waals surface area (Å²) in [7, 11) is -9.82. The van der Waals surface area contributed by atoms with Gasteiger partial charge in [-0.15, -0.1) is 0 Å². The van der Waals surface area contributed by atoms with Gasteiger partial charge in [-0.3, -0.25) is 32.5 Å². The molecule has 5 atom stereocenters. The van der Waals surface area contributed by atoms with E-state index in [9.17, 15) is 43.5 Å². The van der Waals surface area contributed by atoms with Crippen LogP contribution >= 0.6 is 15.6 Å². The second-order valence-electron chi connectivity index (χ2n) is 34.9. The number of ether oxygens (including phenoxy) is 3. The van der Waals surface area contributed by atoms with Crippen LogP contribution in [0.5, 0.6) is 0 Å². The summed E-state index contributed by atoms with van der Waals surface area (Å²) < 4.78 is 61.8. The summed E-state index contributed by atoms with van der Waals surface area (Å²) in [6, 6.07) is 0. The van der Waals surface area contributed by atoms with Gasteiger partial charge in [0.1, 0.15) is 25.4 Å². The van der Waals surface area contributed by atoms with E-state index in [0.29, 0.717) is 19.3 Å². The van der Waals surface area contributed by atoms with Crippen LogP contribution in [0, 0.1) is 0 Å². The molecule has 0 aliphatic carbocycles. The number of aliphatic hydroxyl groups excluding tert-OH is 2. The van der Waals surface area contributed by atoms with E-state index in [1.807, 2.05) is 0 Å². The summed E-state index contributed by atoms with van der Waals surface area (Å²) in [5, 5.41) is 20.8. The van der Waals surface area contributed by atoms with E-state index in [1.54, 1.807) is 0 Å². The molecule has 0 bridgehead atoms. The van der Waals surface area contributed by atoms with Gasteiger partial charge in [0.2, 0.25) is 0 Å². The van der Waals surface area contributed by atoms with Crippen LogP contribution in [0.25, 0.3) is 0 Å². The van der Waals surface area contributed by atoms with Crippen molar-refractivity contribution in [3.63, 3.8) is 0 Å². The summed E-state index contributed by atoms with van der Waals surface area (Å²) in [6.07, 6.45) is 134. The second kappa shape index (κ2) is 102. The van der Waals surface area contributed by atoms with Crippen LogP contribution in [0.15, 0.2) is 170 Å². The third-order valence-electron chi connectivity index (χ3n) is 22.4. The molecule has 0 fully saturated rings.